The zero-order valence-electron chi connectivity index (χ0n) is 17.6. The number of aromatic nitrogens is 1. The Morgan fingerprint density at radius 3 is 1.35 bits per heavy atom. The summed E-state index contributed by atoms with van der Waals surface area (Å²) in [4.78, 5) is 0. The van der Waals surface area contributed by atoms with Crippen LogP contribution in [0.5, 0.6) is 0 Å². The normalized spacial score (nSPS) is 11.6. The van der Waals surface area contributed by atoms with E-state index in [4.69, 9.17) is 0 Å². The molecule has 0 aromatic carbocycles. The van der Waals surface area contributed by atoms with Crippen molar-refractivity contribution in [1.82, 2.24) is 4.57 Å². The van der Waals surface area contributed by atoms with Crippen molar-refractivity contribution in [1.29, 1.82) is 0 Å². The Bertz CT molecular complexity index is 390. The molecule has 0 N–H and O–H groups in total. The molecule has 150 valence electrons. The van der Waals surface area contributed by atoms with E-state index >= 15 is 0 Å². The third kappa shape index (κ3) is 15.3. The summed E-state index contributed by atoms with van der Waals surface area (Å²) >= 11 is 0. The van der Waals surface area contributed by atoms with E-state index in [1.54, 1.807) is 0 Å². The highest BCUT2D eigenvalue weighted by atomic mass is 14.9. The van der Waals surface area contributed by atoms with E-state index in [0.29, 0.717) is 0 Å². The van der Waals surface area contributed by atoms with Crippen LogP contribution in [0.2, 0.25) is 0 Å². The van der Waals surface area contributed by atoms with Gasteiger partial charge < -0.3 is 4.57 Å². The Hall–Kier alpha value is -0.980. The molecule has 1 heteroatoms. The van der Waals surface area contributed by atoms with Crippen LogP contribution in [0.4, 0.5) is 0 Å². The van der Waals surface area contributed by atoms with Crippen molar-refractivity contribution in [3.05, 3.63) is 30.6 Å². The van der Waals surface area contributed by atoms with E-state index in [9.17, 15) is 0 Å². The number of nitrogens with zero attached hydrogens (tertiary/aromatic N) is 1. The summed E-state index contributed by atoms with van der Waals surface area (Å²) in [6.07, 6.45) is 34.4. The van der Waals surface area contributed by atoms with Gasteiger partial charge >= 0.3 is 0 Å². The van der Waals surface area contributed by atoms with Crippen molar-refractivity contribution in [2.45, 2.75) is 122 Å². The van der Waals surface area contributed by atoms with Crippen molar-refractivity contribution in [3.63, 3.8) is 0 Å². The van der Waals surface area contributed by atoms with Crippen LogP contribution in [-0.2, 0) is 0 Å². The topological polar surface area (TPSA) is 4.93 Å². The third-order valence-electron chi connectivity index (χ3n) is 5.38. The Balaban J connectivity index is 1.68. The average molecular weight is 360 g/mol. The van der Waals surface area contributed by atoms with Crippen LogP contribution < -0.4 is 0 Å². The maximum Gasteiger partial charge on any atom is 0.00823 e. The smallest absolute Gasteiger partial charge is 0.00823 e. The lowest BCUT2D eigenvalue weighted by Crippen LogP contribution is -1.84. The van der Waals surface area contributed by atoms with Crippen molar-refractivity contribution in [2.75, 3.05) is 0 Å². The van der Waals surface area contributed by atoms with Crippen LogP contribution in [0.3, 0.4) is 0 Å². The zero-order chi connectivity index (χ0) is 18.5. The highest BCUT2D eigenvalue weighted by Crippen LogP contribution is 2.14. The highest BCUT2D eigenvalue weighted by molar-refractivity contribution is 5.22. The molecule has 0 aliphatic rings. The van der Waals surface area contributed by atoms with Gasteiger partial charge in [-0.05, 0) is 25.0 Å². The van der Waals surface area contributed by atoms with Gasteiger partial charge in [0.1, 0.15) is 0 Å². The molecule has 0 aliphatic heterocycles. The maximum atomic E-state index is 2.30. The second kappa shape index (κ2) is 18.8. The summed E-state index contributed by atoms with van der Waals surface area (Å²) < 4.78 is 2.12. The van der Waals surface area contributed by atoms with Gasteiger partial charge in [-0.1, -0.05) is 116 Å². The molecular formula is C25H45N. The second-order valence-corrected chi connectivity index (χ2v) is 7.96. The summed E-state index contributed by atoms with van der Waals surface area (Å²) in [6, 6.07) is 4.14. The lowest BCUT2D eigenvalue weighted by molar-refractivity contribution is 0.527. The summed E-state index contributed by atoms with van der Waals surface area (Å²) in [7, 11) is 0. The van der Waals surface area contributed by atoms with Crippen LogP contribution in [-0.4, -0.2) is 4.57 Å². The SMILES string of the molecule is CCCCCCCCCCCCCCCCCCCC=Cn1cccc1. The maximum absolute atomic E-state index is 2.30. The van der Waals surface area contributed by atoms with Gasteiger partial charge in [-0.15, -0.1) is 0 Å². The van der Waals surface area contributed by atoms with Crippen molar-refractivity contribution < 1.29 is 0 Å². The van der Waals surface area contributed by atoms with Gasteiger partial charge in [0.05, 0.1) is 0 Å². The Morgan fingerprint density at radius 2 is 0.923 bits per heavy atom. The standard InChI is InChI=1S/C25H45N/c1-2-3-4-5-6-7-8-9-10-11-12-13-14-15-16-17-18-19-20-23-26-24-21-22-25-26/h20-25H,2-19H2,1H3. The molecule has 0 aliphatic carbocycles. The van der Waals surface area contributed by atoms with Gasteiger partial charge in [-0.3, -0.25) is 0 Å². The molecule has 0 saturated carbocycles. The van der Waals surface area contributed by atoms with E-state index < -0.39 is 0 Å². The van der Waals surface area contributed by atoms with Crippen molar-refractivity contribution >= 4 is 6.20 Å². The van der Waals surface area contributed by atoms with Crippen LogP contribution in [0, 0.1) is 0 Å². The molecule has 0 atom stereocenters. The first-order chi connectivity index (χ1) is 12.9. The van der Waals surface area contributed by atoms with Crippen molar-refractivity contribution in [2.24, 2.45) is 0 Å². The van der Waals surface area contributed by atoms with Gasteiger partial charge in [0.2, 0.25) is 0 Å². The fraction of sp³-hybridized carbons (Fsp3) is 0.760. The Kier molecular flexibility index (Phi) is 16.7. The number of rotatable bonds is 19. The second-order valence-electron chi connectivity index (χ2n) is 7.96. The van der Waals surface area contributed by atoms with E-state index in [1.165, 1.54) is 116 Å². The molecule has 0 unspecified atom stereocenters. The minimum absolute atomic E-state index is 1.22. The monoisotopic (exact) mass is 359 g/mol. The highest BCUT2D eigenvalue weighted by Gasteiger charge is 1.94. The third-order valence-corrected chi connectivity index (χ3v) is 5.38. The molecule has 0 fully saturated rings. The first-order valence-corrected chi connectivity index (χ1v) is 11.7. The average Bonchev–Trinajstić information content (AvgIpc) is 3.17. The predicted octanol–water partition coefficient (Wildman–Crippen LogP) is 9.00. The molecule has 0 spiro atoms. The molecule has 0 saturated heterocycles. The molecule has 1 nitrogen and oxygen atoms in total. The Labute approximate surface area is 164 Å². The van der Waals surface area contributed by atoms with Gasteiger partial charge in [-0.25, -0.2) is 0 Å². The van der Waals surface area contributed by atoms with Crippen LogP contribution >= 0.6 is 0 Å². The fourth-order valence-electron chi connectivity index (χ4n) is 3.63. The van der Waals surface area contributed by atoms with Crippen molar-refractivity contribution in [3.8, 4) is 0 Å². The van der Waals surface area contributed by atoms with Crippen LogP contribution in [0.1, 0.15) is 122 Å². The lowest BCUT2D eigenvalue weighted by atomic mass is 10.0. The fourth-order valence-corrected chi connectivity index (χ4v) is 3.63. The van der Waals surface area contributed by atoms with Gasteiger partial charge in [0.15, 0.2) is 0 Å². The van der Waals surface area contributed by atoms with E-state index in [2.05, 4.69) is 48.3 Å². The Morgan fingerprint density at radius 1 is 0.538 bits per heavy atom. The molecule has 1 heterocycles. The molecule has 0 amide bonds. The quantitative estimate of drug-likeness (QED) is 0.217. The lowest BCUT2D eigenvalue weighted by Gasteiger charge is -2.03. The van der Waals surface area contributed by atoms with Crippen LogP contribution in [0.25, 0.3) is 6.20 Å². The number of unbranched alkanes of at least 4 members (excludes halogenated alkanes) is 17. The summed E-state index contributed by atoms with van der Waals surface area (Å²) in [5.41, 5.74) is 0. The van der Waals surface area contributed by atoms with Gasteiger partial charge in [-0.2, -0.15) is 0 Å². The predicted molar refractivity (Wildman–Crippen MR) is 119 cm³/mol. The molecule has 0 radical (unpaired) electrons. The van der Waals surface area contributed by atoms with Gasteiger partial charge in [0.25, 0.3) is 0 Å². The molecule has 1 aromatic rings. The van der Waals surface area contributed by atoms with Crippen LogP contribution in [0.15, 0.2) is 30.6 Å². The molecule has 26 heavy (non-hydrogen) atoms. The molecule has 1 rings (SSSR count). The zero-order valence-corrected chi connectivity index (χ0v) is 17.6. The number of hydrogen-bond donors (Lipinski definition) is 0. The van der Waals surface area contributed by atoms with E-state index in [1.807, 2.05) is 0 Å². The first-order valence-electron chi connectivity index (χ1n) is 11.7. The largest absolute Gasteiger partial charge is 0.331 e. The van der Waals surface area contributed by atoms with Gasteiger partial charge in [0, 0.05) is 18.6 Å². The summed E-state index contributed by atoms with van der Waals surface area (Å²) in [6.45, 7) is 2.30. The number of allylic oxidation sites excluding steroid dienone is 1. The molecular weight excluding hydrogens is 314 g/mol. The minimum atomic E-state index is 1.22. The van der Waals surface area contributed by atoms with E-state index in [0.717, 1.165) is 0 Å². The molecule has 0 bridgehead atoms. The summed E-state index contributed by atoms with van der Waals surface area (Å²) in [5, 5.41) is 0. The van der Waals surface area contributed by atoms with E-state index in [-0.39, 0.29) is 0 Å². The first kappa shape index (κ1) is 23.1. The minimum Gasteiger partial charge on any atom is -0.331 e. The molecule has 1 aromatic heterocycles. The summed E-state index contributed by atoms with van der Waals surface area (Å²) in [5.74, 6) is 0. The number of hydrogen-bond acceptors (Lipinski definition) is 0.